The van der Waals surface area contributed by atoms with E-state index in [1.807, 2.05) is 0 Å². The summed E-state index contributed by atoms with van der Waals surface area (Å²) in [5.41, 5.74) is 0.0622. The number of carbonyl (C=O) groups excluding carboxylic acids is 1. The Labute approximate surface area is 116 Å². The van der Waals surface area contributed by atoms with Gasteiger partial charge in [0.25, 0.3) is 0 Å². The van der Waals surface area contributed by atoms with Gasteiger partial charge in [-0.05, 0) is 31.0 Å². The van der Waals surface area contributed by atoms with Gasteiger partial charge in [-0.25, -0.2) is 9.18 Å². The first kappa shape index (κ1) is 14.1. The molecule has 19 heavy (non-hydrogen) atoms. The predicted molar refractivity (Wildman–Crippen MR) is 71.8 cm³/mol. The summed E-state index contributed by atoms with van der Waals surface area (Å²) in [6.07, 6.45) is 2.82. The lowest BCUT2D eigenvalue weighted by molar-refractivity contribution is 0.0955. The van der Waals surface area contributed by atoms with Gasteiger partial charge in [0.15, 0.2) is 0 Å². The summed E-state index contributed by atoms with van der Waals surface area (Å²) in [4.78, 5) is 11.7. The van der Waals surface area contributed by atoms with Crippen LogP contribution >= 0.6 is 11.6 Å². The molecule has 1 aromatic carbocycles. The largest absolute Gasteiger partial charge is 0.391 e. The average Bonchev–Trinajstić information content (AvgIpc) is 2.36. The SMILES string of the molecule is O=C(Nc1ccc(Cl)cc1F)NC1CCCCC1O. The van der Waals surface area contributed by atoms with Gasteiger partial charge in [-0.15, -0.1) is 0 Å². The lowest BCUT2D eigenvalue weighted by Crippen LogP contribution is -2.46. The van der Waals surface area contributed by atoms with Crippen LogP contribution in [0.25, 0.3) is 0 Å². The van der Waals surface area contributed by atoms with Crippen LogP contribution in [0, 0.1) is 5.82 Å². The van der Waals surface area contributed by atoms with Crippen LogP contribution < -0.4 is 10.6 Å². The second kappa shape index (κ2) is 6.21. The molecule has 0 saturated heterocycles. The maximum absolute atomic E-state index is 13.5. The molecular weight excluding hydrogens is 271 g/mol. The molecule has 0 radical (unpaired) electrons. The molecule has 0 heterocycles. The number of hydrogen-bond donors (Lipinski definition) is 3. The Balaban J connectivity index is 1.93. The van der Waals surface area contributed by atoms with Crippen molar-refractivity contribution in [2.45, 2.75) is 37.8 Å². The Morgan fingerprint density at radius 1 is 1.37 bits per heavy atom. The highest BCUT2D eigenvalue weighted by molar-refractivity contribution is 6.30. The molecule has 1 fully saturated rings. The van der Waals surface area contributed by atoms with E-state index in [-0.39, 0.29) is 16.8 Å². The Bertz CT molecular complexity index is 470. The van der Waals surface area contributed by atoms with E-state index in [2.05, 4.69) is 10.6 Å². The van der Waals surface area contributed by atoms with Crippen LogP contribution in [0.5, 0.6) is 0 Å². The van der Waals surface area contributed by atoms with Crippen LogP contribution in [-0.4, -0.2) is 23.3 Å². The zero-order chi connectivity index (χ0) is 13.8. The Morgan fingerprint density at radius 3 is 2.79 bits per heavy atom. The second-order valence-electron chi connectivity index (χ2n) is 4.68. The van der Waals surface area contributed by atoms with Gasteiger partial charge in [-0.3, -0.25) is 0 Å². The molecule has 3 N–H and O–H groups in total. The summed E-state index contributed by atoms with van der Waals surface area (Å²) < 4.78 is 13.5. The number of amides is 2. The third-order valence-electron chi connectivity index (χ3n) is 3.23. The normalized spacial score (nSPS) is 22.9. The smallest absolute Gasteiger partial charge is 0.319 e. The van der Waals surface area contributed by atoms with E-state index < -0.39 is 18.0 Å². The molecule has 1 aliphatic rings. The van der Waals surface area contributed by atoms with Gasteiger partial charge in [0.05, 0.1) is 17.8 Å². The maximum Gasteiger partial charge on any atom is 0.319 e. The number of carbonyl (C=O) groups is 1. The van der Waals surface area contributed by atoms with Crippen molar-refractivity contribution in [3.8, 4) is 0 Å². The summed E-state index contributed by atoms with van der Waals surface area (Å²) in [7, 11) is 0. The summed E-state index contributed by atoms with van der Waals surface area (Å²) in [6, 6.07) is 3.23. The number of hydrogen-bond acceptors (Lipinski definition) is 2. The number of rotatable bonds is 2. The number of aliphatic hydroxyl groups excluding tert-OH is 1. The standard InChI is InChI=1S/C13H16ClFN2O2/c14-8-5-6-10(9(15)7-8)16-13(19)17-11-3-1-2-4-12(11)18/h5-7,11-12,18H,1-4H2,(H2,16,17,19). The van der Waals surface area contributed by atoms with Gasteiger partial charge in [0, 0.05) is 5.02 Å². The molecule has 2 amide bonds. The van der Waals surface area contributed by atoms with Crippen molar-refractivity contribution in [1.82, 2.24) is 5.32 Å². The molecule has 0 aromatic heterocycles. The first-order valence-corrected chi connectivity index (χ1v) is 6.64. The van der Waals surface area contributed by atoms with E-state index in [1.165, 1.54) is 12.1 Å². The fourth-order valence-corrected chi connectivity index (χ4v) is 2.36. The number of halogens is 2. The Kier molecular flexibility index (Phi) is 4.61. The van der Waals surface area contributed by atoms with Crippen molar-refractivity contribution in [1.29, 1.82) is 0 Å². The van der Waals surface area contributed by atoms with Crippen LogP contribution in [0.2, 0.25) is 5.02 Å². The van der Waals surface area contributed by atoms with E-state index >= 15 is 0 Å². The monoisotopic (exact) mass is 286 g/mol. The molecule has 2 rings (SSSR count). The van der Waals surface area contributed by atoms with Crippen LogP contribution in [0.1, 0.15) is 25.7 Å². The molecule has 2 unspecified atom stereocenters. The number of aliphatic hydroxyl groups is 1. The van der Waals surface area contributed by atoms with E-state index in [0.29, 0.717) is 6.42 Å². The van der Waals surface area contributed by atoms with Gasteiger partial charge in [0.2, 0.25) is 0 Å². The van der Waals surface area contributed by atoms with Crippen LogP contribution in [-0.2, 0) is 0 Å². The molecule has 1 saturated carbocycles. The molecule has 0 bridgehead atoms. The first-order valence-electron chi connectivity index (χ1n) is 6.27. The maximum atomic E-state index is 13.5. The third-order valence-corrected chi connectivity index (χ3v) is 3.46. The predicted octanol–water partition coefficient (Wildman–Crippen LogP) is 2.90. The summed E-state index contributed by atoms with van der Waals surface area (Å²) in [6.45, 7) is 0. The highest BCUT2D eigenvalue weighted by Crippen LogP contribution is 2.20. The van der Waals surface area contributed by atoms with Gasteiger partial charge < -0.3 is 15.7 Å². The summed E-state index contributed by atoms with van der Waals surface area (Å²) in [5, 5.41) is 15.1. The molecule has 1 aromatic rings. The molecule has 104 valence electrons. The highest BCUT2D eigenvalue weighted by atomic mass is 35.5. The van der Waals surface area contributed by atoms with Crippen molar-refractivity contribution in [3.05, 3.63) is 29.0 Å². The van der Waals surface area contributed by atoms with E-state index in [1.54, 1.807) is 0 Å². The minimum absolute atomic E-state index is 0.0622. The lowest BCUT2D eigenvalue weighted by atomic mass is 9.93. The second-order valence-corrected chi connectivity index (χ2v) is 5.12. The third kappa shape index (κ3) is 3.81. The fraction of sp³-hybridized carbons (Fsp3) is 0.462. The number of anilines is 1. The van der Waals surface area contributed by atoms with E-state index in [4.69, 9.17) is 11.6 Å². The Hall–Kier alpha value is -1.33. The molecular formula is C13H16ClFN2O2. The van der Waals surface area contributed by atoms with Crippen molar-refractivity contribution in [2.75, 3.05) is 5.32 Å². The average molecular weight is 287 g/mol. The number of benzene rings is 1. The highest BCUT2D eigenvalue weighted by Gasteiger charge is 2.24. The molecule has 2 atom stereocenters. The van der Waals surface area contributed by atoms with Crippen LogP contribution in [0.3, 0.4) is 0 Å². The zero-order valence-electron chi connectivity index (χ0n) is 10.3. The van der Waals surface area contributed by atoms with Gasteiger partial charge in [-0.2, -0.15) is 0 Å². The quantitative estimate of drug-likeness (QED) is 0.783. The molecule has 1 aliphatic carbocycles. The molecule has 6 heteroatoms. The first-order chi connectivity index (χ1) is 9.06. The summed E-state index contributed by atoms with van der Waals surface area (Å²) >= 11 is 5.63. The molecule has 0 spiro atoms. The van der Waals surface area contributed by atoms with Crippen LogP contribution in [0.4, 0.5) is 14.9 Å². The number of nitrogens with one attached hydrogen (secondary N) is 2. The zero-order valence-corrected chi connectivity index (χ0v) is 11.1. The molecule has 4 nitrogen and oxygen atoms in total. The number of urea groups is 1. The van der Waals surface area contributed by atoms with E-state index in [0.717, 1.165) is 25.3 Å². The van der Waals surface area contributed by atoms with Crippen molar-refractivity contribution in [2.24, 2.45) is 0 Å². The van der Waals surface area contributed by atoms with Crippen molar-refractivity contribution < 1.29 is 14.3 Å². The molecule has 0 aliphatic heterocycles. The topological polar surface area (TPSA) is 61.4 Å². The lowest BCUT2D eigenvalue weighted by Gasteiger charge is -2.28. The summed E-state index contributed by atoms with van der Waals surface area (Å²) in [5.74, 6) is -0.591. The Morgan fingerprint density at radius 2 is 2.11 bits per heavy atom. The van der Waals surface area contributed by atoms with Crippen LogP contribution in [0.15, 0.2) is 18.2 Å². The van der Waals surface area contributed by atoms with Gasteiger partial charge in [0.1, 0.15) is 5.82 Å². The minimum atomic E-state index is -0.591. The van der Waals surface area contributed by atoms with Crippen molar-refractivity contribution >= 4 is 23.3 Å². The fourth-order valence-electron chi connectivity index (χ4n) is 2.20. The minimum Gasteiger partial charge on any atom is -0.391 e. The van der Waals surface area contributed by atoms with Gasteiger partial charge >= 0.3 is 6.03 Å². The van der Waals surface area contributed by atoms with Crippen molar-refractivity contribution in [3.63, 3.8) is 0 Å². The van der Waals surface area contributed by atoms with E-state index in [9.17, 15) is 14.3 Å². The van der Waals surface area contributed by atoms with Gasteiger partial charge in [-0.1, -0.05) is 24.4 Å².